The Kier molecular flexibility index (Phi) is 23.6. The number of amides is 3. The molecular weight excluding hydrogens is 293 g/mol. The molecule has 3 amide bonds. The van der Waals surface area contributed by atoms with E-state index >= 15 is 0 Å². The second kappa shape index (κ2) is 17.5. The standard InChI is InChI=1S/3C3H7NO.H3O4P/c3*1-3(5)4-2;1-5(2,3)4/h3*1-2H3,(H,4,5);(H3,1,2,3,4). The number of phosphoric acid groups is 1. The van der Waals surface area contributed by atoms with Crippen LogP contribution in [0.1, 0.15) is 20.8 Å². The predicted molar refractivity (Wildman–Crippen MR) is 73.5 cm³/mol. The van der Waals surface area contributed by atoms with E-state index in [-0.39, 0.29) is 17.7 Å². The quantitative estimate of drug-likeness (QED) is 0.290. The van der Waals surface area contributed by atoms with Crippen LogP contribution in [0.2, 0.25) is 0 Å². The minimum absolute atomic E-state index is 0.00463. The smallest absolute Gasteiger partial charge is 0.359 e. The minimum Gasteiger partial charge on any atom is -0.359 e. The molecule has 0 heterocycles. The molecule has 0 aromatic rings. The molecule has 10 nitrogen and oxygen atoms in total. The normalized spacial score (nSPS) is 8.05. The van der Waals surface area contributed by atoms with Gasteiger partial charge in [-0.25, -0.2) is 4.57 Å². The summed E-state index contributed by atoms with van der Waals surface area (Å²) < 4.78 is 8.88. The maximum Gasteiger partial charge on any atom is 0.466 e. The molecule has 0 radical (unpaired) electrons. The van der Waals surface area contributed by atoms with Gasteiger partial charge in [0, 0.05) is 41.9 Å². The molecule has 0 spiro atoms. The number of carbonyl (C=O) groups excluding carboxylic acids is 3. The Morgan fingerprint density at radius 2 is 0.750 bits per heavy atom. The summed E-state index contributed by atoms with van der Waals surface area (Å²) >= 11 is 0. The molecule has 0 aromatic heterocycles. The van der Waals surface area contributed by atoms with Crippen LogP contribution in [0.5, 0.6) is 0 Å². The second-order valence-corrected chi connectivity index (χ2v) is 3.96. The van der Waals surface area contributed by atoms with E-state index in [1.54, 1.807) is 21.1 Å². The summed E-state index contributed by atoms with van der Waals surface area (Å²) in [6.45, 7) is 4.42. The zero-order valence-electron chi connectivity index (χ0n) is 12.4. The molecule has 0 aliphatic carbocycles. The van der Waals surface area contributed by atoms with Crippen LogP contribution in [-0.2, 0) is 18.9 Å². The largest absolute Gasteiger partial charge is 0.466 e. The van der Waals surface area contributed by atoms with Gasteiger partial charge in [0.05, 0.1) is 0 Å². The fraction of sp³-hybridized carbons (Fsp3) is 0.667. The van der Waals surface area contributed by atoms with Gasteiger partial charge in [-0.05, 0) is 0 Å². The van der Waals surface area contributed by atoms with Crippen LogP contribution in [0.25, 0.3) is 0 Å². The molecule has 0 aromatic carbocycles. The first-order chi connectivity index (χ1) is 8.81. The number of carbonyl (C=O) groups is 3. The Labute approximate surface area is 118 Å². The van der Waals surface area contributed by atoms with Crippen molar-refractivity contribution in [1.82, 2.24) is 16.0 Å². The molecule has 0 unspecified atom stereocenters. The molecule has 6 N–H and O–H groups in total. The van der Waals surface area contributed by atoms with Crippen LogP contribution in [0.4, 0.5) is 0 Å². The van der Waals surface area contributed by atoms with Gasteiger partial charge in [-0.3, -0.25) is 14.4 Å². The Bertz CT molecular complexity index is 275. The van der Waals surface area contributed by atoms with Crippen LogP contribution in [-0.4, -0.2) is 53.5 Å². The number of hydrogen-bond acceptors (Lipinski definition) is 4. The highest BCUT2D eigenvalue weighted by atomic mass is 31.2. The van der Waals surface area contributed by atoms with E-state index in [0.29, 0.717) is 0 Å². The van der Waals surface area contributed by atoms with Crippen molar-refractivity contribution in [3.63, 3.8) is 0 Å². The Balaban J connectivity index is -0.0000000853. The predicted octanol–water partition coefficient (Wildman–Crippen LogP) is -1.67. The highest BCUT2D eigenvalue weighted by molar-refractivity contribution is 7.45. The topological polar surface area (TPSA) is 165 Å². The van der Waals surface area contributed by atoms with Crippen molar-refractivity contribution in [1.29, 1.82) is 0 Å². The molecule has 0 aliphatic rings. The van der Waals surface area contributed by atoms with E-state index in [4.69, 9.17) is 19.2 Å². The van der Waals surface area contributed by atoms with Gasteiger partial charge < -0.3 is 30.6 Å². The molecule has 0 bridgehead atoms. The van der Waals surface area contributed by atoms with Gasteiger partial charge in [-0.1, -0.05) is 0 Å². The lowest BCUT2D eigenvalue weighted by Crippen LogP contribution is -2.11. The zero-order chi connectivity index (χ0) is 17.4. The number of hydrogen-bond donors (Lipinski definition) is 6. The van der Waals surface area contributed by atoms with Crippen LogP contribution < -0.4 is 16.0 Å². The lowest BCUT2D eigenvalue weighted by atomic mass is 10.7. The molecule has 0 saturated carbocycles. The van der Waals surface area contributed by atoms with Crippen LogP contribution in [0, 0.1) is 0 Å². The Morgan fingerprint density at radius 1 is 0.700 bits per heavy atom. The molecule has 0 saturated heterocycles. The summed E-state index contributed by atoms with van der Waals surface area (Å²) in [7, 11) is 0.160. The van der Waals surface area contributed by atoms with Gasteiger partial charge in [0.2, 0.25) is 17.7 Å². The van der Waals surface area contributed by atoms with Crippen molar-refractivity contribution >= 4 is 25.5 Å². The molecule has 0 aliphatic heterocycles. The van der Waals surface area contributed by atoms with Gasteiger partial charge in [-0.2, -0.15) is 0 Å². The molecule has 0 atom stereocenters. The molecule has 11 heteroatoms. The van der Waals surface area contributed by atoms with E-state index < -0.39 is 7.82 Å². The van der Waals surface area contributed by atoms with E-state index in [1.165, 1.54) is 20.8 Å². The monoisotopic (exact) mass is 317 g/mol. The lowest BCUT2D eigenvalue weighted by molar-refractivity contribution is -0.119. The zero-order valence-corrected chi connectivity index (χ0v) is 13.3. The van der Waals surface area contributed by atoms with E-state index in [2.05, 4.69) is 16.0 Å². The summed E-state index contributed by atoms with van der Waals surface area (Å²) in [5.41, 5.74) is 0. The van der Waals surface area contributed by atoms with Gasteiger partial charge >= 0.3 is 7.82 Å². The van der Waals surface area contributed by atoms with Gasteiger partial charge in [0.15, 0.2) is 0 Å². The first-order valence-electron chi connectivity index (χ1n) is 5.14. The van der Waals surface area contributed by atoms with E-state index in [0.717, 1.165) is 0 Å². The summed E-state index contributed by atoms with van der Waals surface area (Å²) in [6, 6.07) is 0. The van der Waals surface area contributed by atoms with Crippen LogP contribution in [0.3, 0.4) is 0 Å². The fourth-order valence-corrected chi connectivity index (χ4v) is 0. The van der Waals surface area contributed by atoms with Crippen molar-refractivity contribution in [3.8, 4) is 0 Å². The average molecular weight is 317 g/mol. The molecule has 0 fully saturated rings. The number of nitrogens with one attached hydrogen (secondary N) is 3. The van der Waals surface area contributed by atoms with Gasteiger partial charge in [0.25, 0.3) is 0 Å². The van der Waals surface area contributed by atoms with Gasteiger partial charge in [-0.15, -0.1) is 0 Å². The van der Waals surface area contributed by atoms with E-state index in [9.17, 15) is 14.4 Å². The highest BCUT2D eigenvalue weighted by Crippen LogP contribution is 2.25. The maximum absolute atomic E-state index is 9.70. The van der Waals surface area contributed by atoms with Crippen LogP contribution in [0.15, 0.2) is 0 Å². The van der Waals surface area contributed by atoms with Crippen molar-refractivity contribution in [2.24, 2.45) is 0 Å². The summed E-state index contributed by atoms with van der Waals surface area (Å²) in [5, 5.41) is 7.17. The minimum atomic E-state index is -4.64. The summed E-state index contributed by atoms with van der Waals surface area (Å²) in [5.74, 6) is 0.0139. The first-order valence-corrected chi connectivity index (χ1v) is 6.71. The Hall–Kier alpha value is -1.48. The SMILES string of the molecule is CNC(C)=O.CNC(C)=O.CNC(C)=O.O=P(O)(O)O. The van der Waals surface area contributed by atoms with Crippen LogP contribution >= 0.6 is 7.82 Å². The first kappa shape index (κ1) is 27.0. The van der Waals surface area contributed by atoms with E-state index in [1.807, 2.05) is 0 Å². The third-order valence-corrected chi connectivity index (χ3v) is 1.06. The maximum atomic E-state index is 9.70. The molecule has 122 valence electrons. The summed E-state index contributed by atoms with van der Waals surface area (Å²) in [6.07, 6.45) is 0. The third-order valence-electron chi connectivity index (χ3n) is 1.06. The second-order valence-electron chi connectivity index (χ2n) is 2.93. The van der Waals surface area contributed by atoms with Crippen molar-refractivity contribution in [2.45, 2.75) is 20.8 Å². The molecule has 20 heavy (non-hydrogen) atoms. The number of rotatable bonds is 0. The third kappa shape index (κ3) is 195. The average Bonchev–Trinajstić information content (AvgIpc) is 2.28. The van der Waals surface area contributed by atoms with Gasteiger partial charge in [0.1, 0.15) is 0 Å². The van der Waals surface area contributed by atoms with Crippen molar-refractivity contribution in [3.05, 3.63) is 0 Å². The fourth-order valence-electron chi connectivity index (χ4n) is 0. The highest BCUT2D eigenvalue weighted by Gasteiger charge is 2.00. The summed E-state index contributed by atoms with van der Waals surface area (Å²) in [4.78, 5) is 50.7. The Morgan fingerprint density at radius 3 is 0.750 bits per heavy atom. The molecule has 0 rings (SSSR count). The van der Waals surface area contributed by atoms with Crippen molar-refractivity contribution < 1.29 is 33.6 Å². The lowest BCUT2D eigenvalue weighted by Gasteiger charge is -1.82. The van der Waals surface area contributed by atoms with Crippen molar-refractivity contribution in [2.75, 3.05) is 21.1 Å². The molecular formula is C9H24N3O7P.